The van der Waals surface area contributed by atoms with E-state index in [-0.39, 0.29) is 0 Å². The molecule has 0 amide bonds. The lowest BCUT2D eigenvalue weighted by Gasteiger charge is -1.92. The molecule has 0 spiro atoms. The number of fused-ring (bicyclic) bond motifs is 1. The topological polar surface area (TPSA) is 38.9 Å². The van der Waals surface area contributed by atoms with Gasteiger partial charge in [-0.25, -0.2) is 4.98 Å². The molecule has 1 aromatic heterocycles. The summed E-state index contributed by atoms with van der Waals surface area (Å²) in [5.74, 6) is 0.522. The fourth-order valence-electron chi connectivity index (χ4n) is 0.961. The molecule has 2 aromatic rings. The SMILES string of the molecule is Nc1ccc2ccc#cc2n1. The van der Waals surface area contributed by atoms with E-state index < -0.39 is 0 Å². The van der Waals surface area contributed by atoms with E-state index >= 15 is 0 Å². The summed E-state index contributed by atoms with van der Waals surface area (Å²) in [7, 11) is 0. The Hall–Kier alpha value is -1.75. The first-order valence-corrected chi connectivity index (χ1v) is 3.31. The van der Waals surface area contributed by atoms with Crippen molar-refractivity contribution in [3.8, 4) is 0 Å². The van der Waals surface area contributed by atoms with Gasteiger partial charge in [-0.3, -0.25) is 0 Å². The van der Waals surface area contributed by atoms with Gasteiger partial charge in [0.1, 0.15) is 11.3 Å². The van der Waals surface area contributed by atoms with Crippen molar-refractivity contribution < 1.29 is 0 Å². The molecule has 0 fully saturated rings. The van der Waals surface area contributed by atoms with Crippen LogP contribution in [0.15, 0.2) is 24.3 Å². The van der Waals surface area contributed by atoms with E-state index in [9.17, 15) is 0 Å². The maximum Gasteiger partial charge on any atom is 0.124 e. The first-order chi connectivity index (χ1) is 5.36. The first kappa shape index (κ1) is 5.99. The smallest absolute Gasteiger partial charge is 0.124 e. The summed E-state index contributed by atoms with van der Waals surface area (Å²) in [6.45, 7) is 0. The van der Waals surface area contributed by atoms with Gasteiger partial charge in [-0.15, -0.1) is 0 Å². The molecule has 0 aliphatic heterocycles. The minimum absolute atomic E-state index is 0.522. The second-order valence-electron chi connectivity index (χ2n) is 2.28. The third-order valence-corrected chi connectivity index (χ3v) is 1.48. The molecule has 0 unspecified atom stereocenters. The summed E-state index contributed by atoms with van der Waals surface area (Å²) >= 11 is 0. The van der Waals surface area contributed by atoms with Gasteiger partial charge in [-0.2, -0.15) is 0 Å². The number of nitrogens with two attached hydrogens (primary N) is 1. The molecule has 2 nitrogen and oxygen atoms in total. The highest BCUT2D eigenvalue weighted by Crippen LogP contribution is 2.09. The van der Waals surface area contributed by atoms with E-state index in [1.165, 1.54) is 0 Å². The van der Waals surface area contributed by atoms with E-state index in [2.05, 4.69) is 17.1 Å². The second kappa shape index (κ2) is 2.14. The molecule has 52 valence electrons. The van der Waals surface area contributed by atoms with Crippen molar-refractivity contribution in [1.82, 2.24) is 4.98 Å². The van der Waals surface area contributed by atoms with Crippen LogP contribution in [-0.4, -0.2) is 4.98 Å². The zero-order valence-corrected chi connectivity index (χ0v) is 5.83. The number of hydrogen-bond donors (Lipinski definition) is 1. The van der Waals surface area contributed by atoms with Crippen molar-refractivity contribution in [2.24, 2.45) is 0 Å². The number of hydrogen-bond acceptors (Lipinski definition) is 2. The molecule has 2 N–H and O–H groups in total. The molecule has 0 aliphatic rings. The summed E-state index contributed by atoms with van der Waals surface area (Å²) < 4.78 is 0. The molecule has 0 saturated heterocycles. The summed E-state index contributed by atoms with van der Waals surface area (Å²) in [4.78, 5) is 4.07. The molecule has 0 aliphatic carbocycles. The highest BCUT2D eigenvalue weighted by atomic mass is 14.8. The van der Waals surface area contributed by atoms with Crippen molar-refractivity contribution in [3.05, 3.63) is 36.4 Å². The normalized spacial score (nSPS) is 9.45. The van der Waals surface area contributed by atoms with Crippen LogP contribution in [0.5, 0.6) is 0 Å². The van der Waals surface area contributed by atoms with Crippen molar-refractivity contribution in [2.45, 2.75) is 0 Å². The van der Waals surface area contributed by atoms with Gasteiger partial charge in [0, 0.05) is 5.39 Å². The van der Waals surface area contributed by atoms with Gasteiger partial charge in [-0.1, -0.05) is 6.07 Å². The molecular formula is C9H6N2. The van der Waals surface area contributed by atoms with Crippen LogP contribution in [0.25, 0.3) is 10.9 Å². The Morgan fingerprint density at radius 1 is 1.27 bits per heavy atom. The molecule has 0 radical (unpaired) electrons. The average molecular weight is 142 g/mol. The van der Waals surface area contributed by atoms with Crippen LogP contribution in [0.2, 0.25) is 0 Å². The lowest BCUT2D eigenvalue weighted by Crippen LogP contribution is -1.88. The van der Waals surface area contributed by atoms with Gasteiger partial charge in [0.05, 0.1) is 0 Å². The number of nitrogen functional groups attached to an aromatic ring is 1. The highest BCUT2D eigenvalue weighted by Gasteiger charge is 1.90. The molecule has 2 heteroatoms. The molecular weight excluding hydrogens is 136 g/mol. The van der Waals surface area contributed by atoms with Crippen LogP contribution >= 0.6 is 0 Å². The van der Waals surface area contributed by atoms with E-state index in [0.29, 0.717) is 5.82 Å². The fourth-order valence-corrected chi connectivity index (χ4v) is 0.961. The van der Waals surface area contributed by atoms with Crippen molar-refractivity contribution >= 4 is 16.7 Å². The van der Waals surface area contributed by atoms with E-state index in [1.54, 1.807) is 12.1 Å². The Bertz CT molecular complexity index is 382. The Morgan fingerprint density at radius 3 is 3.09 bits per heavy atom. The number of rotatable bonds is 0. The van der Waals surface area contributed by atoms with Gasteiger partial charge in [0.15, 0.2) is 0 Å². The van der Waals surface area contributed by atoms with Gasteiger partial charge >= 0.3 is 0 Å². The van der Waals surface area contributed by atoms with Crippen LogP contribution in [0.4, 0.5) is 5.82 Å². The van der Waals surface area contributed by atoms with Gasteiger partial charge in [0.25, 0.3) is 0 Å². The Kier molecular flexibility index (Phi) is 1.16. The molecule has 0 atom stereocenters. The van der Waals surface area contributed by atoms with Gasteiger partial charge in [0.2, 0.25) is 0 Å². The van der Waals surface area contributed by atoms with Gasteiger partial charge in [-0.05, 0) is 30.3 Å². The third kappa shape index (κ3) is 0.968. The van der Waals surface area contributed by atoms with Crippen molar-refractivity contribution in [2.75, 3.05) is 5.73 Å². The fraction of sp³-hybridized carbons (Fsp3) is 0. The van der Waals surface area contributed by atoms with E-state index in [1.807, 2.05) is 12.1 Å². The van der Waals surface area contributed by atoms with Crippen molar-refractivity contribution in [1.29, 1.82) is 0 Å². The third-order valence-electron chi connectivity index (χ3n) is 1.48. The monoisotopic (exact) mass is 142 g/mol. The van der Waals surface area contributed by atoms with Crippen LogP contribution in [0.3, 0.4) is 0 Å². The number of anilines is 1. The van der Waals surface area contributed by atoms with Crippen LogP contribution in [0, 0.1) is 12.1 Å². The number of aromatic nitrogens is 1. The molecule has 2 rings (SSSR count). The first-order valence-electron chi connectivity index (χ1n) is 3.31. The Balaban J connectivity index is 2.83. The minimum atomic E-state index is 0.522. The minimum Gasteiger partial charge on any atom is -0.384 e. The Morgan fingerprint density at radius 2 is 2.18 bits per heavy atom. The van der Waals surface area contributed by atoms with Gasteiger partial charge < -0.3 is 5.73 Å². The molecule has 1 aromatic carbocycles. The Labute approximate surface area is 64.7 Å². The zero-order chi connectivity index (χ0) is 7.68. The molecule has 1 heterocycles. The van der Waals surface area contributed by atoms with E-state index in [4.69, 9.17) is 5.73 Å². The molecule has 11 heavy (non-hydrogen) atoms. The van der Waals surface area contributed by atoms with Crippen LogP contribution in [-0.2, 0) is 0 Å². The largest absolute Gasteiger partial charge is 0.384 e. The maximum atomic E-state index is 5.48. The summed E-state index contributed by atoms with van der Waals surface area (Å²) in [6.07, 6.45) is 0. The molecule has 0 bridgehead atoms. The lowest BCUT2D eigenvalue weighted by molar-refractivity contribution is 1.42. The summed E-state index contributed by atoms with van der Waals surface area (Å²) in [5.41, 5.74) is 6.25. The molecule has 0 saturated carbocycles. The number of pyridine rings is 1. The average Bonchev–Trinajstić information content (AvgIpc) is 2.04. The predicted octanol–water partition coefficient (Wildman–Crippen LogP) is 1.42. The number of nitrogens with zero attached hydrogens (tertiary/aromatic N) is 1. The zero-order valence-electron chi connectivity index (χ0n) is 5.83. The summed E-state index contributed by atoms with van der Waals surface area (Å²) in [5, 5.41) is 1.04. The van der Waals surface area contributed by atoms with E-state index in [0.717, 1.165) is 10.9 Å². The predicted molar refractivity (Wildman–Crippen MR) is 43.8 cm³/mol. The summed E-state index contributed by atoms with van der Waals surface area (Å²) in [6, 6.07) is 13.1. The van der Waals surface area contributed by atoms with Crippen LogP contribution in [0.1, 0.15) is 0 Å². The maximum absolute atomic E-state index is 5.48. The van der Waals surface area contributed by atoms with Crippen molar-refractivity contribution in [3.63, 3.8) is 0 Å². The quantitative estimate of drug-likeness (QED) is 0.604. The highest BCUT2D eigenvalue weighted by molar-refractivity contribution is 5.77. The standard InChI is InChI=1S/C9H6N2/c10-9-6-5-7-3-1-2-4-8(7)11-9/h1,3,5-6H,(H2,10,11). The lowest BCUT2D eigenvalue weighted by atomic mass is 10.2. The van der Waals surface area contributed by atoms with Crippen LogP contribution < -0.4 is 5.73 Å². The second-order valence-corrected chi connectivity index (χ2v) is 2.28.